The van der Waals surface area contributed by atoms with Crippen molar-refractivity contribution < 1.29 is 0 Å². The summed E-state index contributed by atoms with van der Waals surface area (Å²) in [5.41, 5.74) is 7.26. The second kappa shape index (κ2) is 5.41. The summed E-state index contributed by atoms with van der Waals surface area (Å²) in [7, 11) is 0. The van der Waals surface area contributed by atoms with Crippen molar-refractivity contribution in [2.75, 3.05) is 0 Å². The molecule has 0 saturated carbocycles. The predicted octanol–water partition coefficient (Wildman–Crippen LogP) is 2.62. The van der Waals surface area contributed by atoms with Crippen LogP contribution in [0.15, 0.2) is 24.3 Å². The van der Waals surface area contributed by atoms with Crippen LogP contribution >= 0.6 is 0 Å². The van der Waals surface area contributed by atoms with E-state index >= 15 is 0 Å². The van der Waals surface area contributed by atoms with Crippen LogP contribution in [-0.2, 0) is 13.0 Å². The van der Waals surface area contributed by atoms with Crippen LogP contribution in [0.3, 0.4) is 0 Å². The zero-order chi connectivity index (χ0) is 13.9. The second-order valence-corrected chi connectivity index (χ2v) is 5.20. The van der Waals surface area contributed by atoms with Gasteiger partial charge in [-0.05, 0) is 31.9 Å². The van der Waals surface area contributed by atoms with Crippen molar-refractivity contribution in [1.29, 1.82) is 5.26 Å². The molecule has 2 rings (SSSR count). The Bertz CT molecular complexity index is 604. The number of nitrogens with zero attached hydrogens (tertiary/aromatic N) is 3. The molecule has 0 fully saturated rings. The molecular weight excluding hydrogens is 236 g/mol. The number of fused-ring (bicyclic) bond motifs is 1. The van der Waals surface area contributed by atoms with Gasteiger partial charge in [0.2, 0.25) is 0 Å². The van der Waals surface area contributed by atoms with Crippen molar-refractivity contribution in [2.45, 2.75) is 45.2 Å². The molecule has 1 atom stereocenters. The first kappa shape index (κ1) is 13.6. The molecule has 2 N–H and O–H groups in total. The summed E-state index contributed by atoms with van der Waals surface area (Å²) in [6.45, 7) is 4.65. The van der Waals surface area contributed by atoms with Crippen molar-refractivity contribution in [3.8, 4) is 6.07 Å². The lowest BCUT2D eigenvalue weighted by Crippen LogP contribution is -2.35. The third-order valence-corrected chi connectivity index (χ3v) is 3.32. The summed E-state index contributed by atoms with van der Waals surface area (Å²) >= 11 is 0. The molecule has 0 spiro atoms. The number of hydrogen-bond acceptors (Lipinski definition) is 3. The molecule has 100 valence electrons. The Labute approximate surface area is 113 Å². The molecular formula is C15H20N4. The van der Waals surface area contributed by atoms with E-state index in [1.165, 1.54) is 0 Å². The molecule has 0 aliphatic rings. The average molecular weight is 256 g/mol. The van der Waals surface area contributed by atoms with Crippen LogP contribution in [-0.4, -0.2) is 15.1 Å². The monoisotopic (exact) mass is 256 g/mol. The number of aromatic nitrogens is 2. The van der Waals surface area contributed by atoms with Crippen LogP contribution in [0.5, 0.6) is 0 Å². The molecule has 0 radical (unpaired) electrons. The van der Waals surface area contributed by atoms with Gasteiger partial charge in [-0.15, -0.1) is 0 Å². The van der Waals surface area contributed by atoms with E-state index in [4.69, 9.17) is 11.0 Å². The van der Waals surface area contributed by atoms with Gasteiger partial charge in [-0.3, -0.25) is 0 Å². The highest BCUT2D eigenvalue weighted by molar-refractivity contribution is 5.75. The topological polar surface area (TPSA) is 67.6 Å². The van der Waals surface area contributed by atoms with E-state index < -0.39 is 5.54 Å². The van der Waals surface area contributed by atoms with Crippen molar-refractivity contribution in [2.24, 2.45) is 5.73 Å². The van der Waals surface area contributed by atoms with Crippen molar-refractivity contribution >= 4 is 11.0 Å². The van der Waals surface area contributed by atoms with Gasteiger partial charge in [-0.1, -0.05) is 19.1 Å². The van der Waals surface area contributed by atoms with E-state index in [0.717, 1.165) is 36.2 Å². The summed E-state index contributed by atoms with van der Waals surface area (Å²) in [6.07, 6.45) is 2.63. The largest absolute Gasteiger partial charge is 0.328 e. The smallest absolute Gasteiger partial charge is 0.109 e. The summed E-state index contributed by atoms with van der Waals surface area (Å²) in [5, 5.41) is 9.01. The Morgan fingerprint density at radius 3 is 2.84 bits per heavy atom. The van der Waals surface area contributed by atoms with Gasteiger partial charge in [0.25, 0.3) is 0 Å². The van der Waals surface area contributed by atoms with E-state index in [0.29, 0.717) is 6.42 Å². The molecule has 1 aromatic heterocycles. The summed E-state index contributed by atoms with van der Waals surface area (Å²) in [4.78, 5) is 4.67. The number of imidazole rings is 1. The lowest BCUT2D eigenvalue weighted by Gasteiger charge is -2.17. The van der Waals surface area contributed by atoms with E-state index in [1.54, 1.807) is 6.92 Å². The lowest BCUT2D eigenvalue weighted by atomic mass is 10.0. The maximum atomic E-state index is 9.01. The third-order valence-electron chi connectivity index (χ3n) is 3.32. The minimum atomic E-state index is -0.783. The number of nitrogens with two attached hydrogens (primary N) is 1. The number of hydrogen-bond donors (Lipinski definition) is 1. The Kier molecular flexibility index (Phi) is 3.87. The normalized spacial score (nSPS) is 14.2. The first-order valence-corrected chi connectivity index (χ1v) is 6.71. The Morgan fingerprint density at radius 1 is 1.42 bits per heavy atom. The first-order valence-electron chi connectivity index (χ1n) is 6.71. The van der Waals surface area contributed by atoms with Crippen molar-refractivity contribution in [3.05, 3.63) is 30.1 Å². The third kappa shape index (κ3) is 2.94. The quantitative estimate of drug-likeness (QED) is 0.894. The highest BCUT2D eigenvalue weighted by atomic mass is 15.1. The van der Waals surface area contributed by atoms with Gasteiger partial charge in [0.05, 0.1) is 17.1 Å². The molecule has 0 aliphatic carbocycles. The SMILES string of the molecule is CCCc1nc2ccccc2n1CCC(C)(N)C#N. The standard InChI is InChI=1S/C15H20N4/c1-3-6-14-18-12-7-4-5-8-13(12)19(14)10-9-15(2,17)11-16/h4-5,7-8H,3,6,9-10,17H2,1-2H3. The average Bonchev–Trinajstić information content (AvgIpc) is 2.74. The van der Waals surface area contributed by atoms with Gasteiger partial charge in [0.1, 0.15) is 11.4 Å². The molecule has 4 nitrogen and oxygen atoms in total. The minimum absolute atomic E-state index is 0.626. The van der Waals surface area contributed by atoms with Crippen LogP contribution < -0.4 is 5.73 Å². The van der Waals surface area contributed by atoms with Crippen molar-refractivity contribution in [3.63, 3.8) is 0 Å². The maximum absolute atomic E-state index is 9.01. The summed E-state index contributed by atoms with van der Waals surface area (Å²) < 4.78 is 2.20. The van der Waals surface area contributed by atoms with Gasteiger partial charge in [-0.25, -0.2) is 4.98 Å². The minimum Gasteiger partial charge on any atom is -0.328 e. The molecule has 0 aliphatic heterocycles. The van der Waals surface area contributed by atoms with Gasteiger partial charge in [0, 0.05) is 13.0 Å². The molecule has 0 amide bonds. The molecule has 1 unspecified atom stereocenters. The number of rotatable bonds is 5. The highest BCUT2D eigenvalue weighted by Crippen LogP contribution is 2.19. The predicted molar refractivity (Wildman–Crippen MR) is 76.6 cm³/mol. The van der Waals surface area contributed by atoms with Crippen LogP contribution in [0.25, 0.3) is 11.0 Å². The fourth-order valence-electron chi connectivity index (χ4n) is 2.19. The van der Waals surface area contributed by atoms with E-state index in [-0.39, 0.29) is 0 Å². The molecule has 1 aromatic carbocycles. The van der Waals surface area contributed by atoms with Gasteiger partial charge in [0.15, 0.2) is 0 Å². The Balaban J connectivity index is 2.34. The zero-order valence-electron chi connectivity index (χ0n) is 11.6. The van der Waals surface area contributed by atoms with Gasteiger partial charge in [-0.2, -0.15) is 5.26 Å². The summed E-state index contributed by atoms with van der Waals surface area (Å²) in [6, 6.07) is 10.3. The molecule has 19 heavy (non-hydrogen) atoms. The fraction of sp³-hybridized carbons (Fsp3) is 0.467. The molecule has 1 heterocycles. The number of para-hydroxylation sites is 2. The fourth-order valence-corrected chi connectivity index (χ4v) is 2.19. The number of benzene rings is 1. The van der Waals surface area contributed by atoms with Crippen LogP contribution in [0.2, 0.25) is 0 Å². The molecule has 2 aromatic rings. The summed E-state index contributed by atoms with van der Waals surface area (Å²) in [5.74, 6) is 1.08. The Hall–Kier alpha value is -1.86. The van der Waals surface area contributed by atoms with Crippen LogP contribution in [0, 0.1) is 11.3 Å². The molecule has 0 bridgehead atoms. The highest BCUT2D eigenvalue weighted by Gasteiger charge is 2.18. The van der Waals surface area contributed by atoms with Gasteiger partial charge < -0.3 is 10.3 Å². The van der Waals surface area contributed by atoms with E-state index in [2.05, 4.69) is 28.6 Å². The molecule has 4 heteroatoms. The molecule has 0 saturated heterocycles. The van der Waals surface area contributed by atoms with E-state index in [1.807, 2.05) is 18.2 Å². The van der Waals surface area contributed by atoms with Gasteiger partial charge >= 0.3 is 0 Å². The first-order chi connectivity index (χ1) is 9.07. The number of aryl methyl sites for hydroxylation is 2. The maximum Gasteiger partial charge on any atom is 0.109 e. The second-order valence-electron chi connectivity index (χ2n) is 5.20. The van der Waals surface area contributed by atoms with Crippen molar-refractivity contribution in [1.82, 2.24) is 9.55 Å². The zero-order valence-corrected chi connectivity index (χ0v) is 11.6. The van der Waals surface area contributed by atoms with Crippen LogP contribution in [0.1, 0.15) is 32.5 Å². The number of nitriles is 1. The van der Waals surface area contributed by atoms with Crippen LogP contribution in [0.4, 0.5) is 0 Å². The lowest BCUT2D eigenvalue weighted by molar-refractivity contribution is 0.487. The van der Waals surface area contributed by atoms with E-state index in [9.17, 15) is 0 Å². The Morgan fingerprint density at radius 2 is 2.16 bits per heavy atom.